The molecule has 3 heteroatoms. The zero-order chi connectivity index (χ0) is 13.8. The first-order valence-corrected chi connectivity index (χ1v) is 7.55. The van der Waals surface area contributed by atoms with Gasteiger partial charge in [-0.25, -0.2) is 0 Å². The summed E-state index contributed by atoms with van der Waals surface area (Å²) in [7, 11) is 0. The molecule has 1 fully saturated rings. The van der Waals surface area contributed by atoms with Gasteiger partial charge in [0.2, 0.25) is 0 Å². The zero-order valence-electron chi connectivity index (χ0n) is 12.8. The first kappa shape index (κ1) is 15.9. The molecule has 18 heavy (non-hydrogen) atoms. The zero-order valence-corrected chi connectivity index (χ0v) is 12.8. The van der Waals surface area contributed by atoms with Crippen molar-refractivity contribution in [3.8, 4) is 0 Å². The fraction of sp³-hybridized carbons (Fsp3) is 1.00. The summed E-state index contributed by atoms with van der Waals surface area (Å²) in [5, 5.41) is 0. The Morgan fingerprint density at radius 1 is 0.944 bits per heavy atom. The predicted octanol–water partition coefficient (Wildman–Crippen LogP) is 2.83. The van der Waals surface area contributed by atoms with Gasteiger partial charge < -0.3 is 11.5 Å². The third kappa shape index (κ3) is 4.52. The Morgan fingerprint density at radius 2 is 1.50 bits per heavy atom. The molecule has 0 aromatic rings. The van der Waals surface area contributed by atoms with Crippen LogP contribution in [-0.4, -0.2) is 28.7 Å². The van der Waals surface area contributed by atoms with Crippen molar-refractivity contribution >= 4 is 0 Å². The molecule has 4 N–H and O–H groups in total. The molecule has 1 heterocycles. The molecule has 1 saturated heterocycles. The standard InChI is InChI=1S/C15H33N3/c1-14(2)10-8-11-15(3,4)18(14)12-7-5-6-9-13(16)17/h13H,5-12,16-17H2,1-4H3. The second-order valence-corrected chi connectivity index (χ2v) is 7.14. The molecule has 0 aliphatic carbocycles. The second-order valence-electron chi connectivity index (χ2n) is 7.14. The quantitative estimate of drug-likeness (QED) is 0.567. The highest BCUT2D eigenvalue weighted by Crippen LogP contribution is 2.38. The summed E-state index contributed by atoms with van der Waals surface area (Å²) in [6.07, 6.45) is 8.49. The lowest BCUT2D eigenvalue weighted by Crippen LogP contribution is -2.58. The predicted molar refractivity (Wildman–Crippen MR) is 79.3 cm³/mol. The van der Waals surface area contributed by atoms with Gasteiger partial charge in [0, 0.05) is 11.1 Å². The van der Waals surface area contributed by atoms with E-state index in [4.69, 9.17) is 11.5 Å². The van der Waals surface area contributed by atoms with E-state index in [1.807, 2.05) is 0 Å². The summed E-state index contributed by atoms with van der Waals surface area (Å²) in [6, 6.07) is 0. The maximum atomic E-state index is 5.57. The molecule has 0 spiro atoms. The van der Waals surface area contributed by atoms with E-state index in [0.717, 1.165) is 12.8 Å². The Bertz CT molecular complexity index is 230. The lowest BCUT2D eigenvalue weighted by atomic mass is 9.79. The van der Waals surface area contributed by atoms with E-state index in [1.54, 1.807) is 0 Å². The first-order valence-electron chi connectivity index (χ1n) is 7.55. The minimum Gasteiger partial charge on any atom is -0.316 e. The topological polar surface area (TPSA) is 55.3 Å². The van der Waals surface area contributed by atoms with Crippen LogP contribution < -0.4 is 11.5 Å². The molecule has 3 nitrogen and oxygen atoms in total. The lowest BCUT2D eigenvalue weighted by molar-refractivity contribution is -0.0276. The fourth-order valence-corrected chi connectivity index (χ4v) is 3.47. The van der Waals surface area contributed by atoms with E-state index in [9.17, 15) is 0 Å². The van der Waals surface area contributed by atoms with Crippen LogP contribution in [0.5, 0.6) is 0 Å². The Kier molecular flexibility index (Phi) is 5.63. The molecule has 0 radical (unpaired) electrons. The van der Waals surface area contributed by atoms with Gasteiger partial charge in [-0.3, -0.25) is 4.90 Å². The van der Waals surface area contributed by atoms with Crippen LogP contribution in [0.1, 0.15) is 72.6 Å². The average Bonchev–Trinajstić information content (AvgIpc) is 2.19. The van der Waals surface area contributed by atoms with E-state index < -0.39 is 0 Å². The van der Waals surface area contributed by atoms with Crippen molar-refractivity contribution in [2.45, 2.75) is 89.9 Å². The van der Waals surface area contributed by atoms with Gasteiger partial charge in [0.05, 0.1) is 6.17 Å². The maximum Gasteiger partial charge on any atom is 0.0520 e. The Morgan fingerprint density at radius 3 is 2.00 bits per heavy atom. The van der Waals surface area contributed by atoms with E-state index >= 15 is 0 Å². The van der Waals surface area contributed by atoms with Crippen molar-refractivity contribution < 1.29 is 0 Å². The largest absolute Gasteiger partial charge is 0.316 e. The summed E-state index contributed by atoms with van der Waals surface area (Å²) < 4.78 is 0. The molecular formula is C15H33N3. The highest BCUT2D eigenvalue weighted by atomic mass is 15.3. The van der Waals surface area contributed by atoms with E-state index in [1.165, 1.54) is 38.6 Å². The van der Waals surface area contributed by atoms with Crippen molar-refractivity contribution in [3.05, 3.63) is 0 Å². The van der Waals surface area contributed by atoms with Crippen LogP contribution in [0.4, 0.5) is 0 Å². The molecule has 1 aliphatic rings. The normalized spacial score (nSPS) is 23.5. The molecule has 0 aromatic heterocycles. The molecule has 0 aromatic carbocycles. The summed E-state index contributed by atoms with van der Waals surface area (Å²) in [5.41, 5.74) is 11.8. The Balaban J connectivity index is 2.37. The van der Waals surface area contributed by atoms with Crippen LogP contribution in [0.3, 0.4) is 0 Å². The van der Waals surface area contributed by atoms with Gasteiger partial charge in [0.25, 0.3) is 0 Å². The van der Waals surface area contributed by atoms with Gasteiger partial charge in [-0.05, 0) is 66.3 Å². The van der Waals surface area contributed by atoms with E-state index in [0.29, 0.717) is 11.1 Å². The third-order valence-corrected chi connectivity index (χ3v) is 4.46. The lowest BCUT2D eigenvalue weighted by Gasteiger charge is -2.53. The Hall–Kier alpha value is -0.120. The molecule has 0 atom stereocenters. The number of nitrogens with two attached hydrogens (primary N) is 2. The molecule has 0 unspecified atom stereocenters. The fourth-order valence-electron chi connectivity index (χ4n) is 3.47. The minimum atomic E-state index is -0.132. The second kappa shape index (κ2) is 6.36. The number of rotatable bonds is 6. The van der Waals surface area contributed by atoms with Crippen LogP contribution in [0.2, 0.25) is 0 Å². The van der Waals surface area contributed by atoms with Crippen molar-refractivity contribution in [2.75, 3.05) is 6.54 Å². The molecule has 0 saturated carbocycles. The molecular weight excluding hydrogens is 222 g/mol. The number of likely N-dealkylation sites (tertiary alicyclic amines) is 1. The van der Waals surface area contributed by atoms with Crippen molar-refractivity contribution in [2.24, 2.45) is 11.5 Å². The molecule has 0 amide bonds. The van der Waals surface area contributed by atoms with Gasteiger partial charge in [0.1, 0.15) is 0 Å². The smallest absolute Gasteiger partial charge is 0.0520 e. The number of hydrogen-bond donors (Lipinski definition) is 2. The summed E-state index contributed by atoms with van der Waals surface area (Å²) >= 11 is 0. The van der Waals surface area contributed by atoms with Gasteiger partial charge in [-0.2, -0.15) is 0 Å². The number of hydrogen-bond acceptors (Lipinski definition) is 3. The SMILES string of the molecule is CC1(C)CCCC(C)(C)N1CCCCCC(N)N. The molecule has 0 bridgehead atoms. The van der Waals surface area contributed by atoms with Crippen LogP contribution in [0.25, 0.3) is 0 Å². The number of piperidine rings is 1. The highest BCUT2D eigenvalue weighted by molar-refractivity contribution is 4.96. The van der Waals surface area contributed by atoms with Gasteiger partial charge in [-0.1, -0.05) is 12.8 Å². The van der Waals surface area contributed by atoms with Crippen LogP contribution in [0.15, 0.2) is 0 Å². The monoisotopic (exact) mass is 255 g/mol. The molecule has 1 rings (SSSR count). The molecule has 1 aliphatic heterocycles. The number of nitrogens with zero attached hydrogens (tertiary/aromatic N) is 1. The van der Waals surface area contributed by atoms with Gasteiger partial charge in [-0.15, -0.1) is 0 Å². The first-order chi connectivity index (χ1) is 8.26. The average molecular weight is 255 g/mol. The van der Waals surface area contributed by atoms with Crippen LogP contribution in [-0.2, 0) is 0 Å². The van der Waals surface area contributed by atoms with Gasteiger partial charge in [0.15, 0.2) is 0 Å². The van der Waals surface area contributed by atoms with Crippen molar-refractivity contribution in [1.82, 2.24) is 4.90 Å². The maximum absolute atomic E-state index is 5.57. The summed E-state index contributed by atoms with van der Waals surface area (Å²) in [5.74, 6) is 0. The minimum absolute atomic E-state index is 0.132. The summed E-state index contributed by atoms with van der Waals surface area (Å²) in [6.45, 7) is 10.8. The summed E-state index contributed by atoms with van der Waals surface area (Å²) in [4.78, 5) is 2.71. The van der Waals surface area contributed by atoms with Crippen molar-refractivity contribution in [3.63, 3.8) is 0 Å². The Labute approximate surface area is 113 Å². The van der Waals surface area contributed by atoms with Crippen molar-refractivity contribution in [1.29, 1.82) is 0 Å². The van der Waals surface area contributed by atoms with Crippen LogP contribution in [0, 0.1) is 0 Å². The third-order valence-electron chi connectivity index (χ3n) is 4.46. The highest BCUT2D eigenvalue weighted by Gasteiger charge is 2.40. The van der Waals surface area contributed by atoms with Crippen LogP contribution >= 0.6 is 0 Å². The van der Waals surface area contributed by atoms with E-state index in [-0.39, 0.29) is 6.17 Å². The van der Waals surface area contributed by atoms with Gasteiger partial charge >= 0.3 is 0 Å². The van der Waals surface area contributed by atoms with E-state index in [2.05, 4.69) is 32.6 Å². The number of unbranched alkanes of at least 4 members (excludes halogenated alkanes) is 2. The molecule has 108 valence electrons.